The summed E-state index contributed by atoms with van der Waals surface area (Å²) in [5.41, 5.74) is 4.45. The van der Waals surface area contributed by atoms with Crippen molar-refractivity contribution in [1.29, 1.82) is 0 Å². The fraction of sp³-hybridized carbons (Fsp3) is 0.167. The molecule has 0 bridgehead atoms. The molecule has 6 nitrogen and oxygen atoms in total. The Balaban J connectivity index is 2.20. The molecular formula is C12H15N5O. The van der Waals surface area contributed by atoms with Gasteiger partial charge in [-0.15, -0.1) is 0 Å². The number of hydrogen-bond donors (Lipinski definition) is 3. The molecule has 0 atom stereocenters. The van der Waals surface area contributed by atoms with E-state index in [0.29, 0.717) is 11.6 Å². The van der Waals surface area contributed by atoms with Gasteiger partial charge < -0.3 is 15.5 Å². The Labute approximate surface area is 105 Å². The topological polar surface area (TPSA) is 85.1 Å². The Morgan fingerprint density at radius 3 is 2.61 bits per heavy atom. The zero-order valence-electron chi connectivity index (χ0n) is 10.3. The van der Waals surface area contributed by atoms with E-state index in [0.717, 1.165) is 17.0 Å². The van der Waals surface area contributed by atoms with Gasteiger partial charge in [-0.3, -0.25) is 0 Å². The Morgan fingerprint density at radius 1 is 1.17 bits per heavy atom. The minimum absolute atomic E-state index is 0.553. The average Bonchev–Trinajstić information content (AvgIpc) is 2.39. The number of aromatic nitrogens is 2. The molecule has 0 amide bonds. The van der Waals surface area contributed by atoms with Gasteiger partial charge in [-0.25, -0.2) is 15.8 Å². The van der Waals surface area contributed by atoms with E-state index in [4.69, 9.17) is 10.6 Å². The number of hydrazine groups is 1. The standard InChI is InChI=1S/C12H15N5O/c1-8-5-9(3-4-10(8)18-2)16-11-6-12(17-13)15-7-14-11/h3-7H,13H2,1-2H3,(H2,14,15,16,17). The number of nitrogens with one attached hydrogen (secondary N) is 2. The van der Waals surface area contributed by atoms with Gasteiger partial charge in [-0.2, -0.15) is 0 Å². The van der Waals surface area contributed by atoms with Crippen molar-refractivity contribution in [3.8, 4) is 5.75 Å². The summed E-state index contributed by atoms with van der Waals surface area (Å²) < 4.78 is 5.21. The third-order valence-corrected chi connectivity index (χ3v) is 2.48. The van der Waals surface area contributed by atoms with Gasteiger partial charge in [0.05, 0.1) is 7.11 Å². The van der Waals surface area contributed by atoms with Crippen LogP contribution in [0.15, 0.2) is 30.6 Å². The van der Waals surface area contributed by atoms with Crippen LogP contribution in [0.2, 0.25) is 0 Å². The minimum Gasteiger partial charge on any atom is -0.496 e. The number of hydrogen-bond acceptors (Lipinski definition) is 6. The van der Waals surface area contributed by atoms with E-state index in [9.17, 15) is 0 Å². The zero-order valence-corrected chi connectivity index (χ0v) is 10.3. The van der Waals surface area contributed by atoms with Gasteiger partial charge in [-0.1, -0.05) is 0 Å². The van der Waals surface area contributed by atoms with Crippen molar-refractivity contribution in [2.24, 2.45) is 5.84 Å². The first-order valence-corrected chi connectivity index (χ1v) is 5.43. The number of nitrogens with two attached hydrogens (primary N) is 1. The van der Waals surface area contributed by atoms with Crippen LogP contribution < -0.4 is 21.3 Å². The fourth-order valence-corrected chi connectivity index (χ4v) is 1.61. The Kier molecular flexibility index (Phi) is 3.59. The molecule has 94 valence electrons. The second-order valence-electron chi connectivity index (χ2n) is 3.74. The van der Waals surface area contributed by atoms with Gasteiger partial charge in [0, 0.05) is 11.8 Å². The van der Waals surface area contributed by atoms with Gasteiger partial charge in [0.2, 0.25) is 0 Å². The first-order valence-electron chi connectivity index (χ1n) is 5.43. The fourth-order valence-electron chi connectivity index (χ4n) is 1.61. The summed E-state index contributed by atoms with van der Waals surface area (Å²) >= 11 is 0. The molecule has 0 fully saturated rings. The van der Waals surface area contributed by atoms with Crippen LogP contribution in [-0.4, -0.2) is 17.1 Å². The molecule has 2 rings (SSSR count). The molecule has 0 radical (unpaired) electrons. The second-order valence-corrected chi connectivity index (χ2v) is 3.74. The lowest BCUT2D eigenvalue weighted by molar-refractivity contribution is 0.412. The van der Waals surface area contributed by atoms with Gasteiger partial charge in [0.25, 0.3) is 0 Å². The number of ether oxygens (including phenoxy) is 1. The summed E-state index contributed by atoms with van der Waals surface area (Å²) in [5.74, 6) is 7.37. The minimum atomic E-state index is 0.553. The van der Waals surface area contributed by atoms with Crippen LogP contribution in [0.25, 0.3) is 0 Å². The molecule has 0 unspecified atom stereocenters. The number of aryl methyl sites for hydroxylation is 1. The van der Waals surface area contributed by atoms with Crippen LogP contribution in [-0.2, 0) is 0 Å². The number of benzene rings is 1. The maximum atomic E-state index is 5.29. The third kappa shape index (κ3) is 2.67. The van der Waals surface area contributed by atoms with Crippen molar-refractivity contribution in [1.82, 2.24) is 9.97 Å². The van der Waals surface area contributed by atoms with Crippen LogP contribution >= 0.6 is 0 Å². The van der Waals surface area contributed by atoms with Crippen molar-refractivity contribution < 1.29 is 4.74 Å². The molecule has 0 saturated carbocycles. The maximum Gasteiger partial charge on any atom is 0.145 e. The van der Waals surface area contributed by atoms with E-state index < -0.39 is 0 Å². The highest BCUT2D eigenvalue weighted by Crippen LogP contribution is 2.23. The molecule has 1 aromatic carbocycles. The molecule has 0 saturated heterocycles. The Bertz CT molecular complexity index is 544. The lowest BCUT2D eigenvalue weighted by atomic mass is 10.2. The zero-order chi connectivity index (χ0) is 13.0. The van der Waals surface area contributed by atoms with Gasteiger partial charge in [-0.05, 0) is 30.7 Å². The Morgan fingerprint density at radius 2 is 1.94 bits per heavy atom. The molecule has 0 aliphatic carbocycles. The molecular weight excluding hydrogens is 230 g/mol. The molecule has 1 aromatic heterocycles. The molecule has 6 heteroatoms. The smallest absolute Gasteiger partial charge is 0.145 e. The van der Waals surface area contributed by atoms with E-state index in [1.165, 1.54) is 6.33 Å². The summed E-state index contributed by atoms with van der Waals surface area (Å²) in [7, 11) is 1.65. The molecule has 0 aliphatic rings. The predicted octanol–water partition coefficient (Wildman–Crippen LogP) is 1.82. The number of anilines is 3. The summed E-state index contributed by atoms with van der Waals surface area (Å²) in [6.07, 6.45) is 1.44. The summed E-state index contributed by atoms with van der Waals surface area (Å²) in [6, 6.07) is 7.53. The highest BCUT2D eigenvalue weighted by Gasteiger charge is 2.02. The van der Waals surface area contributed by atoms with Crippen LogP contribution in [0.1, 0.15) is 5.56 Å². The van der Waals surface area contributed by atoms with Crippen molar-refractivity contribution in [2.75, 3.05) is 17.9 Å². The lowest BCUT2D eigenvalue weighted by Crippen LogP contribution is -2.09. The number of rotatable bonds is 4. The highest BCUT2D eigenvalue weighted by atomic mass is 16.5. The van der Waals surface area contributed by atoms with Crippen LogP contribution in [0.3, 0.4) is 0 Å². The first-order chi connectivity index (χ1) is 8.72. The van der Waals surface area contributed by atoms with Crippen LogP contribution in [0.4, 0.5) is 17.3 Å². The summed E-state index contributed by atoms with van der Waals surface area (Å²) in [6.45, 7) is 1.98. The van der Waals surface area contributed by atoms with Crippen molar-refractivity contribution in [3.05, 3.63) is 36.2 Å². The molecule has 2 aromatic rings. The quantitative estimate of drug-likeness (QED) is 0.563. The summed E-state index contributed by atoms with van der Waals surface area (Å²) in [5, 5.41) is 3.17. The first kappa shape index (κ1) is 12.1. The van der Waals surface area contributed by atoms with Gasteiger partial charge >= 0.3 is 0 Å². The molecule has 0 spiro atoms. The largest absolute Gasteiger partial charge is 0.496 e. The van der Waals surface area contributed by atoms with Gasteiger partial charge in [0.1, 0.15) is 23.7 Å². The van der Waals surface area contributed by atoms with E-state index in [2.05, 4.69) is 20.7 Å². The maximum absolute atomic E-state index is 5.29. The highest BCUT2D eigenvalue weighted by molar-refractivity contribution is 5.60. The molecule has 4 N–H and O–H groups in total. The number of nitrogen functional groups attached to an aromatic ring is 1. The van der Waals surface area contributed by atoms with E-state index in [1.807, 2.05) is 25.1 Å². The van der Waals surface area contributed by atoms with Crippen molar-refractivity contribution in [3.63, 3.8) is 0 Å². The average molecular weight is 245 g/mol. The second kappa shape index (κ2) is 5.33. The van der Waals surface area contributed by atoms with E-state index in [1.54, 1.807) is 13.2 Å². The SMILES string of the molecule is COc1ccc(Nc2cc(NN)ncn2)cc1C. The lowest BCUT2D eigenvalue weighted by Gasteiger charge is -2.09. The van der Waals surface area contributed by atoms with Crippen molar-refractivity contribution >= 4 is 17.3 Å². The normalized spacial score (nSPS) is 9.94. The Hall–Kier alpha value is -2.34. The molecule has 1 heterocycles. The molecule has 0 aliphatic heterocycles. The van der Waals surface area contributed by atoms with Gasteiger partial charge in [0.15, 0.2) is 0 Å². The van der Waals surface area contributed by atoms with Crippen molar-refractivity contribution in [2.45, 2.75) is 6.92 Å². The van der Waals surface area contributed by atoms with E-state index in [-0.39, 0.29) is 0 Å². The predicted molar refractivity (Wildman–Crippen MR) is 70.9 cm³/mol. The van der Waals surface area contributed by atoms with Crippen LogP contribution in [0.5, 0.6) is 5.75 Å². The third-order valence-electron chi connectivity index (χ3n) is 2.48. The van der Waals surface area contributed by atoms with Crippen LogP contribution in [0, 0.1) is 6.92 Å². The number of nitrogens with zero attached hydrogens (tertiary/aromatic N) is 2. The monoisotopic (exact) mass is 245 g/mol. The summed E-state index contributed by atoms with van der Waals surface area (Å²) in [4.78, 5) is 8.04. The number of methoxy groups -OCH3 is 1. The molecule has 18 heavy (non-hydrogen) atoms. The van der Waals surface area contributed by atoms with E-state index >= 15 is 0 Å².